The van der Waals surface area contributed by atoms with Gasteiger partial charge in [-0.25, -0.2) is 0 Å². The van der Waals surface area contributed by atoms with Crippen LogP contribution in [0.15, 0.2) is 0 Å². The summed E-state index contributed by atoms with van der Waals surface area (Å²) in [7, 11) is -0.595. The van der Waals surface area contributed by atoms with Crippen molar-refractivity contribution in [3.63, 3.8) is 0 Å². The van der Waals surface area contributed by atoms with Crippen LogP contribution >= 0.6 is 21.2 Å². The first-order valence-electron chi connectivity index (χ1n) is 2.32. The second-order valence-corrected chi connectivity index (χ2v) is 5.28. The molecule has 0 aliphatic heterocycles. The average molecular weight is 232 g/mol. The molecular weight excluding hydrogens is 223 g/mol. The molecule has 0 aromatic rings. The van der Waals surface area contributed by atoms with E-state index >= 15 is 0 Å². The Hall–Kier alpha value is 1.04. The Morgan fingerprint density at radius 3 is 2.43 bits per heavy atom. The summed E-state index contributed by atoms with van der Waals surface area (Å²) in [5.74, 6) is 0.858. The molecule has 7 heavy (non-hydrogen) atoms. The highest BCUT2D eigenvalue weighted by Crippen LogP contribution is 2.03. The third kappa shape index (κ3) is 7.04. The van der Waals surface area contributed by atoms with Crippen LogP contribution in [0.3, 0.4) is 0 Å². The molecule has 0 bridgehead atoms. The van der Waals surface area contributed by atoms with E-state index in [1.54, 1.807) is 0 Å². The smallest absolute Gasteiger partial charge is 0.248 e. The van der Waals surface area contributed by atoms with Crippen molar-refractivity contribution in [3.8, 4) is 0 Å². The normalized spacial score (nSPS) is 14.1. The average Bonchev–Trinajstić information content (AvgIpc) is 1.61. The number of unbranched alkanes of at least 4 members (excludes halogenated alkanes) is 1. The second-order valence-electron chi connectivity index (χ2n) is 1.35. The molecule has 0 amide bonds. The van der Waals surface area contributed by atoms with Crippen LogP contribution in [0.25, 0.3) is 0 Å². The van der Waals surface area contributed by atoms with Gasteiger partial charge in [-0.3, -0.25) is 0 Å². The lowest BCUT2D eigenvalue weighted by atomic mass is 10.4. The van der Waals surface area contributed by atoms with Gasteiger partial charge in [0, 0.05) is 8.35 Å². The molecule has 0 N–H and O–H groups in total. The van der Waals surface area contributed by atoms with Gasteiger partial charge in [0.05, 0.1) is 0 Å². The summed E-state index contributed by atoms with van der Waals surface area (Å²) in [5, 5.41) is 0. The molecule has 0 fully saturated rings. The van der Waals surface area contributed by atoms with Gasteiger partial charge < -0.3 is 4.55 Å². The van der Waals surface area contributed by atoms with E-state index in [9.17, 15) is 4.55 Å². The third-order valence-corrected chi connectivity index (χ3v) is 2.59. The van der Waals surface area contributed by atoms with Crippen LogP contribution in [0.2, 0.25) is 0 Å². The molecule has 0 radical (unpaired) electrons. The van der Waals surface area contributed by atoms with Gasteiger partial charge in [0.15, 0.2) is 0 Å². The maximum atomic E-state index is 10.3. The highest BCUT2D eigenvalue weighted by molar-refractivity contribution is 14.2. The number of halogens is 1. The summed E-state index contributed by atoms with van der Waals surface area (Å²) in [6.07, 6.45) is 2.24. The van der Waals surface area contributed by atoms with Gasteiger partial charge in [-0.15, -0.1) is 0 Å². The molecule has 3 heteroatoms. The first kappa shape index (κ1) is 8.04. The van der Waals surface area contributed by atoms with E-state index in [-0.39, 0.29) is 0 Å². The van der Waals surface area contributed by atoms with Crippen molar-refractivity contribution in [2.75, 3.05) is 5.75 Å². The van der Waals surface area contributed by atoms with E-state index < -0.39 is 8.35 Å². The van der Waals surface area contributed by atoms with Gasteiger partial charge in [-0.2, -0.15) is 0 Å². The summed E-state index contributed by atoms with van der Waals surface area (Å²) in [4.78, 5) is 0. The predicted molar refractivity (Wildman–Crippen MR) is 41.9 cm³/mol. The predicted octanol–water partition coefficient (Wildman–Crippen LogP) is 1.89. The summed E-state index contributed by atoms with van der Waals surface area (Å²) in [6, 6.07) is 0. The van der Waals surface area contributed by atoms with E-state index in [1.165, 1.54) is 0 Å². The van der Waals surface area contributed by atoms with E-state index in [4.69, 9.17) is 0 Å². The van der Waals surface area contributed by atoms with Crippen molar-refractivity contribution in [1.82, 2.24) is 0 Å². The standard InChI is InChI=1S/C4H9IOS/c1-2-3-4-7(5)6/h2-4H2,1H3. The Morgan fingerprint density at radius 2 is 2.29 bits per heavy atom. The molecule has 1 unspecified atom stereocenters. The van der Waals surface area contributed by atoms with Crippen molar-refractivity contribution in [1.29, 1.82) is 0 Å². The highest BCUT2D eigenvalue weighted by Gasteiger charge is 1.95. The molecular formula is C4H9IOS. The second kappa shape index (κ2) is 5.18. The molecule has 0 spiro atoms. The number of rotatable bonds is 3. The Labute approximate surface area is 59.6 Å². The van der Waals surface area contributed by atoms with E-state index in [0.29, 0.717) is 0 Å². The molecule has 1 atom stereocenters. The minimum Gasteiger partial charge on any atom is -0.609 e. The van der Waals surface area contributed by atoms with Crippen LogP contribution < -0.4 is 0 Å². The zero-order valence-electron chi connectivity index (χ0n) is 4.32. The van der Waals surface area contributed by atoms with Crippen LogP contribution in [-0.4, -0.2) is 10.3 Å². The van der Waals surface area contributed by atoms with E-state index in [0.717, 1.165) is 18.6 Å². The molecule has 0 aromatic carbocycles. The van der Waals surface area contributed by atoms with Crippen molar-refractivity contribution >= 4 is 29.6 Å². The number of hydrogen-bond donors (Lipinski definition) is 0. The molecule has 0 aliphatic carbocycles. The molecule has 0 aliphatic rings. The van der Waals surface area contributed by atoms with Crippen molar-refractivity contribution < 1.29 is 4.55 Å². The van der Waals surface area contributed by atoms with Gasteiger partial charge in [0.2, 0.25) is 21.2 Å². The topological polar surface area (TPSA) is 23.1 Å². The largest absolute Gasteiger partial charge is 0.609 e. The van der Waals surface area contributed by atoms with Gasteiger partial charge in [0.25, 0.3) is 0 Å². The molecule has 0 saturated carbocycles. The minimum atomic E-state index is -0.595. The molecule has 44 valence electrons. The van der Waals surface area contributed by atoms with Crippen LogP contribution in [0.1, 0.15) is 19.8 Å². The highest BCUT2D eigenvalue weighted by atomic mass is 127. The fourth-order valence-corrected chi connectivity index (χ4v) is 1.71. The molecule has 0 aromatic heterocycles. The lowest BCUT2D eigenvalue weighted by Gasteiger charge is -1.96. The van der Waals surface area contributed by atoms with Crippen LogP contribution in [0, 0.1) is 0 Å². The zero-order valence-corrected chi connectivity index (χ0v) is 7.29. The SMILES string of the molecule is CCCC[S+]([O-])I. The van der Waals surface area contributed by atoms with Crippen molar-refractivity contribution in [2.24, 2.45) is 0 Å². The Kier molecular flexibility index (Phi) is 5.95. The van der Waals surface area contributed by atoms with Crippen molar-refractivity contribution in [3.05, 3.63) is 0 Å². The first-order valence-corrected chi connectivity index (χ1v) is 6.18. The summed E-state index contributed by atoms with van der Waals surface area (Å²) in [5.41, 5.74) is 0. The van der Waals surface area contributed by atoms with Crippen LogP contribution in [-0.2, 0) is 8.35 Å². The summed E-state index contributed by atoms with van der Waals surface area (Å²) < 4.78 is 10.3. The lowest BCUT2D eigenvalue weighted by Crippen LogP contribution is -1.94. The fraction of sp³-hybridized carbons (Fsp3) is 1.00. The third-order valence-electron chi connectivity index (χ3n) is 0.658. The first-order chi connectivity index (χ1) is 3.27. The minimum absolute atomic E-state index is 0.595. The van der Waals surface area contributed by atoms with Gasteiger partial charge in [0.1, 0.15) is 5.75 Å². The number of hydrogen-bond acceptors (Lipinski definition) is 1. The maximum absolute atomic E-state index is 10.3. The Balaban J connectivity index is 2.68. The van der Waals surface area contributed by atoms with Gasteiger partial charge in [-0.05, 0) is 6.42 Å². The molecule has 1 nitrogen and oxygen atoms in total. The zero-order chi connectivity index (χ0) is 5.70. The fourth-order valence-electron chi connectivity index (χ4n) is 0.258. The van der Waals surface area contributed by atoms with Gasteiger partial charge >= 0.3 is 0 Å². The molecule has 0 saturated heterocycles. The van der Waals surface area contributed by atoms with Crippen molar-refractivity contribution in [2.45, 2.75) is 19.8 Å². The Bertz CT molecular complexity index is 40.7. The quantitative estimate of drug-likeness (QED) is 0.538. The van der Waals surface area contributed by atoms with E-state index in [1.807, 2.05) is 21.2 Å². The lowest BCUT2D eigenvalue weighted by molar-refractivity contribution is 0.608. The Morgan fingerprint density at radius 1 is 1.71 bits per heavy atom. The summed E-state index contributed by atoms with van der Waals surface area (Å²) in [6.45, 7) is 2.10. The van der Waals surface area contributed by atoms with Crippen LogP contribution in [0.4, 0.5) is 0 Å². The molecule has 0 heterocycles. The maximum Gasteiger partial charge on any atom is 0.248 e. The van der Waals surface area contributed by atoms with Crippen LogP contribution in [0.5, 0.6) is 0 Å². The summed E-state index contributed by atoms with van der Waals surface area (Å²) >= 11 is 1.94. The van der Waals surface area contributed by atoms with Gasteiger partial charge in [-0.1, -0.05) is 13.3 Å². The molecule has 0 rings (SSSR count). The van der Waals surface area contributed by atoms with E-state index in [2.05, 4.69) is 6.92 Å². The monoisotopic (exact) mass is 232 g/mol.